The fourth-order valence-electron chi connectivity index (χ4n) is 1.95. The zero-order chi connectivity index (χ0) is 14.1. The van der Waals surface area contributed by atoms with E-state index < -0.39 is 6.03 Å². The smallest absolute Gasteiger partial charge is 0.330 e. The van der Waals surface area contributed by atoms with E-state index in [1.54, 1.807) is 24.5 Å². The molecule has 1 fully saturated rings. The van der Waals surface area contributed by atoms with Crippen LogP contribution in [0.15, 0.2) is 29.0 Å². The molecule has 1 aromatic heterocycles. The number of imide groups is 1. The summed E-state index contributed by atoms with van der Waals surface area (Å²) in [5, 5.41) is 5.26. The number of amides is 4. The average molecular weight is 336 g/mol. The molecular weight excluding hydrogens is 326 g/mol. The van der Waals surface area contributed by atoms with Crippen molar-refractivity contribution in [1.82, 2.24) is 20.2 Å². The van der Waals surface area contributed by atoms with Crippen molar-refractivity contribution in [2.45, 2.75) is 0 Å². The summed E-state index contributed by atoms with van der Waals surface area (Å²) < 4.78 is 0.635. The number of nitrogens with one attached hydrogen (secondary N) is 2. The third-order valence-electron chi connectivity index (χ3n) is 2.92. The maximum absolute atomic E-state index is 12.0. The largest absolute Gasteiger partial charge is 0.336 e. The number of hydrogen-bond acceptors (Lipinski definition) is 4. The summed E-state index contributed by atoms with van der Waals surface area (Å²) in [5.41, 5.74) is 1.91. The zero-order valence-electron chi connectivity index (χ0n) is 10.3. The Kier molecular flexibility index (Phi) is 3.23. The van der Waals surface area contributed by atoms with Crippen LogP contribution in [0, 0.1) is 0 Å². The molecule has 0 spiro atoms. The Bertz CT molecular complexity index is 705. The van der Waals surface area contributed by atoms with Gasteiger partial charge in [0.2, 0.25) is 0 Å². The van der Waals surface area contributed by atoms with Crippen LogP contribution in [0.2, 0.25) is 0 Å². The summed E-state index contributed by atoms with van der Waals surface area (Å²) in [6.45, 7) is 0.826. The van der Waals surface area contributed by atoms with Crippen molar-refractivity contribution in [1.29, 1.82) is 0 Å². The molecule has 3 rings (SSSR count). The molecule has 8 heteroatoms. The third-order valence-corrected chi connectivity index (χ3v) is 3.73. The van der Waals surface area contributed by atoms with Gasteiger partial charge in [0.15, 0.2) is 0 Å². The molecule has 0 unspecified atom stereocenters. The number of carbonyl (C=O) groups excluding carboxylic acids is 2. The second kappa shape index (κ2) is 5.04. The Morgan fingerprint density at radius 2 is 2.15 bits per heavy atom. The lowest BCUT2D eigenvalue weighted by atomic mass is 10.2. The number of fused-ring (bicyclic) bond motifs is 1. The Morgan fingerprint density at radius 1 is 1.35 bits per heavy atom. The number of aromatic nitrogens is 2. The van der Waals surface area contributed by atoms with Crippen LogP contribution in [0.1, 0.15) is 0 Å². The zero-order valence-corrected chi connectivity index (χ0v) is 11.8. The van der Waals surface area contributed by atoms with Gasteiger partial charge in [-0.3, -0.25) is 9.97 Å². The van der Waals surface area contributed by atoms with E-state index in [1.165, 1.54) is 0 Å². The minimum Gasteiger partial charge on any atom is -0.336 e. The predicted molar refractivity (Wildman–Crippen MR) is 76.4 cm³/mol. The van der Waals surface area contributed by atoms with Gasteiger partial charge >= 0.3 is 12.1 Å². The van der Waals surface area contributed by atoms with Crippen LogP contribution in [0.4, 0.5) is 15.3 Å². The molecule has 0 bridgehead atoms. The van der Waals surface area contributed by atoms with Crippen molar-refractivity contribution < 1.29 is 9.59 Å². The Hall–Kier alpha value is -2.22. The minimum absolute atomic E-state index is 0.357. The van der Waals surface area contributed by atoms with E-state index in [2.05, 4.69) is 36.5 Å². The monoisotopic (exact) mass is 335 g/mol. The number of nitrogens with zero attached hydrogens (tertiary/aromatic N) is 3. The van der Waals surface area contributed by atoms with Gasteiger partial charge in [0.25, 0.3) is 0 Å². The van der Waals surface area contributed by atoms with Crippen molar-refractivity contribution in [2.24, 2.45) is 0 Å². The van der Waals surface area contributed by atoms with Gasteiger partial charge in [0.05, 0.1) is 15.7 Å². The maximum Gasteiger partial charge on any atom is 0.330 e. The molecule has 0 aliphatic carbocycles. The molecule has 1 aliphatic rings. The Morgan fingerprint density at radius 3 is 2.90 bits per heavy atom. The van der Waals surface area contributed by atoms with Gasteiger partial charge in [0, 0.05) is 25.5 Å². The van der Waals surface area contributed by atoms with Crippen molar-refractivity contribution >= 4 is 44.7 Å². The van der Waals surface area contributed by atoms with Gasteiger partial charge in [-0.15, -0.1) is 0 Å². The molecule has 4 amide bonds. The lowest BCUT2D eigenvalue weighted by Gasteiger charge is -2.14. The van der Waals surface area contributed by atoms with Crippen LogP contribution in [0.3, 0.4) is 0 Å². The Labute approximate surface area is 122 Å². The van der Waals surface area contributed by atoms with Crippen LogP contribution < -0.4 is 10.6 Å². The molecule has 7 nitrogen and oxygen atoms in total. The van der Waals surface area contributed by atoms with Crippen LogP contribution in [0.25, 0.3) is 11.0 Å². The maximum atomic E-state index is 12.0. The quantitative estimate of drug-likeness (QED) is 0.833. The first-order valence-electron chi connectivity index (χ1n) is 5.92. The second-order valence-electron chi connectivity index (χ2n) is 4.16. The van der Waals surface area contributed by atoms with Gasteiger partial charge in [0.1, 0.15) is 5.52 Å². The number of anilines is 1. The fourth-order valence-corrected chi connectivity index (χ4v) is 2.48. The predicted octanol–water partition coefficient (Wildman–Crippen LogP) is 1.95. The average Bonchev–Trinajstić information content (AvgIpc) is 2.88. The van der Waals surface area contributed by atoms with E-state index in [4.69, 9.17) is 0 Å². The van der Waals surface area contributed by atoms with Crippen molar-refractivity contribution in [2.75, 3.05) is 18.4 Å². The fraction of sp³-hybridized carbons (Fsp3) is 0.167. The van der Waals surface area contributed by atoms with Crippen molar-refractivity contribution in [3.05, 3.63) is 29.0 Å². The first-order valence-corrected chi connectivity index (χ1v) is 6.71. The molecule has 0 saturated carbocycles. The van der Waals surface area contributed by atoms with Gasteiger partial charge in [-0.2, -0.15) is 0 Å². The standard InChI is InChI=1S/C12H10BrN5O2/c13-9-7(1-2-8-10(9)15-4-3-14-8)17-12(20)18-6-5-16-11(18)19/h1-4H,5-6H2,(H,16,19)(H,17,20). The third kappa shape index (κ3) is 2.18. The normalized spacial score (nSPS) is 14.4. The molecule has 0 atom stereocenters. The van der Waals surface area contributed by atoms with Crippen molar-refractivity contribution in [3.8, 4) is 0 Å². The number of urea groups is 2. The van der Waals surface area contributed by atoms with Gasteiger partial charge < -0.3 is 10.6 Å². The topological polar surface area (TPSA) is 87.2 Å². The number of benzene rings is 1. The van der Waals surface area contributed by atoms with E-state index in [1.807, 2.05) is 0 Å². The summed E-state index contributed by atoms with van der Waals surface area (Å²) in [7, 11) is 0. The molecule has 102 valence electrons. The molecule has 20 heavy (non-hydrogen) atoms. The number of halogens is 1. The summed E-state index contributed by atoms with van der Waals surface area (Å²) in [5.74, 6) is 0. The first kappa shape index (κ1) is 12.8. The van der Waals surface area contributed by atoms with E-state index in [-0.39, 0.29) is 6.03 Å². The first-order chi connectivity index (χ1) is 9.66. The molecule has 0 radical (unpaired) electrons. The van der Waals surface area contributed by atoms with Crippen LogP contribution in [-0.2, 0) is 0 Å². The molecule has 1 aliphatic heterocycles. The van der Waals surface area contributed by atoms with E-state index in [9.17, 15) is 9.59 Å². The number of hydrogen-bond donors (Lipinski definition) is 2. The highest BCUT2D eigenvalue weighted by molar-refractivity contribution is 9.10. The van der Waals surface area contributed by atoms with Crippen LogP contribution in [0.5, 0.6) is 0 Å². The highest BCUT2D eigenvalue weighted by atomic mass is 79.9. The molecule has 2 N–H and O–H groups in total. The number of rotatable bonds is 1. The van der Waals surface area contributed by atoms with Gasteiger partial charge in [-0.1, -0.05) is 0 Å². The molecule has 2 aromatic rings. The summed E-state index contributed by atoms with van der Waals surface area (Å²) in [4.78, 5) is 32.9. The summed E-state index contributed by atoms with van der Waals surface area (Å²) >= 11 is 3.40. The molecule has 1 saturated heterocycles. The Balaban J connectivity index is 1.89. The highest BCUT2D eigenvalue weighted by Gasteiger charge is 2.26. The minimum atomic E-state index is -0.469. The van der Waals surface area contributed by atoms with Gasteiger partial charge in [-0.25, -0.2) is 14.5 Å². The molecule has 2 heterocycles. The molecular formula is C12H10BrN5O2. The van der Waals surface area contributed by atoms with Crippen LogP contribution in [-0.4, -0.2) is 40.0 Å². The van der Waals surface area contributed by atoms with E-state index in [0.717, 1.165) is 10.4 Å². The van der Waals surface area contributed by atoms with Crippen LogP contribution >= 0.6 is 15.9 Å². The van der Waals surface area contributed by atoms with E-state index >= 15 is 0 Å². The number of carbonyl (C=O) groups is 2. The summed E-state index contributed by atoms with van der Waals surface area (Å²) in [6.07, 6.45) is 3.17. The van der Waals surface area contributed by atoms with E-state index in [0.29, 0.717) is 28.8 Å². The molecule has 1 aromatic carbocycles. The van der Waals surface area contributed by atoms with Gasteiger partial charge in [-0.05, 0) is 28.1 Å². The SMILES string of the molecule is O=C1NCCN1C(=O)Nc1ccc2nccnc2c1Br. The van der Waals surface area contributed by atoms with Crippen molar-refractivity contribution in [3.63, 3.8) is 0 Å². The highest BCUT2D eigenvalue weighted by Crippen LogP contribution is 2.29. The summed E-state index contributed by atoms with van der Waals surface area (Å²) in [6, 6.07) is 2.61. The second-order valence-corrected chi connectivity index (χ2v) is 4.96. The lowest BCUT2D eigenvalue weighted by molar-refractivity contribution is 0.207. The lowest BCUT2D eigenvalue weighted by Crippen LogP contribution is -2.37.